The molecule has 1 aromatic rings. The molecule has 1 atom stereocenters. The van der Waals surface area contributed by atoms with Crippen molar-refractivity contribution in [3.63, 3.8) is 0 Å². The molecule has 0 aliphatic heterocycles. The van der Waals surface area contributed by atoms with Crippen molar-refractivity contribution < 1.29 is 8.42 Å². The van der Waals surface area contributed by atoms with Crippen LogP contribution in [0.3, 0.4) is 0 Å². The van der Waals surface area contributed by atoms with Gasteiger partial charge in [0, 0.05) is 19.6 Å². The van der Waals surface area contributed by atoms with Crippen LogP contribution in [0.15, 0.2) is 11.1 Å². The van der Waals surface area contributed by atoms with Gasteiger partial charge in [0.2, 0.25) is 10.0 Å². The fourth-order valence-corrected chi connectivity index (χ4v) is 3.23. The van der Waals surface area contributed by atoms with Gasteiger partial charge in [0.25, 0.3) is 0 Å². The van der Waals surface area contributed by atoms with E-state index in [1.54, 1.807) is 14.0 Å². The first-order valence-corrected chi connectivity index (χ1v) is 7.29. The van der Waals surface area contributed by atoms with Gasteiger partial charge in [0.1, 0.15) is 4.90 Å². The van der Waals surface area contributed by atoms with Crippen LogP contribution in [0.25, 0.3) is 0 Å². The Labute approximate surface area is 109 Å². The summed E-state index contributed by atoms with van der Waals surface area (Å²) >= 11 is 0. The summed E-state index contributed by atoms with van der Waals surface area (Å²) in [6.07, 6.45) is 1.36. The molecule has 0 bridgehead atoms. The zero-order valence-electron chi connectivity index (χ0n) is 11.6. The first-order chi connectivity index (χ1) is 8.09. The van der Waals surface area contributed by atoms with Gasteiger partial charge in [-0.1, -0.05) is 20.8 Å². The Balaban J connectivity index is 3.06. The van der Waals surface area contributed by atoms with Crippen LogP contribution in [0.5, 0.6) is 0 Å². The highest BCUT2D eigenvalue weighted by molar-refractivity contribution is 7.89. The van der Waals surface area contributed by atoms with Gasteiger partial charge in [0.05, 0.1) is 11.9 Å². The van der Waals surface area contributed by atoms with Gasteiger partial charge in [-0.3, -0.25) is 4.68 Å². The Hall–Kier alpha value is -0.920. The highest BCUT2D eigenvalue weighted by Crippen LogP contribution is 2.21. The van der Waals surface area contributed by atoms with Crippen molar-refractivity contribution in [3.05, 3.63) is 11.9 Å². The number of nitrogens with zero attached hydrogens (tertiary/aromatic N) is 2. The topological polar surface area (TPSA) is 90.0 Å². The molecule has 0 aromatic carbocycles. The third-order valence-corrected chi connectivity index (χ3v) is 4.63. The summed E-state index contributed by atoms with van der Waals surface area (Å²) in [5, 5.41) is 3.94. The van der Waals surface area contributed by atoms with Crippen molar-refractivity contribution in [2.75, 3.05) is 6.54 Å². The van der Waals surface area contributed by atoms with Crippen LogP contribution in [-0.2, 0) is 17.1 Å². The SMILES string of the molecule is Cc1c(S(=O)(=O)NC(CN)C(C)(C)C)cnn1C. The minimum Gasteiger partial charge on any atom is -0.329 e. The molecule has 0 fully saturated rings. The van der Waals surface area contributed by atoms with Crippen LogP contribution in [-0.4, -0.2) is 30.8 Å². The van der Waals surface area contributed by atoms with Crippen LogP contribution in [0, 0.1) is 12.3 Å². The van der Waals surface area contributed by atoms with Gasteiger partial charge >= 0.3 is 0 Å². The van der Waals surface area contributed by atoms with Crippen LogP contribution in [0.1, 0.15) is 26.5 Å². The van der Waals surface area contributed by atoms with E-state index in [0.717, 1.165) is 0 Å². The van der Waals surface area contributed by atoms with E-state index in [9.17, 15) is 8.42 Å². The molecule has 3 N–H and O–H groups in total. The van der Waals surface area contributed by atoms with Gasteiger partial charge in [-0.25, -0.2) is 13.1 Å². The lowest BCUT2D eigenvalue weighted by molar-refractivity contribution is 0.304. The second kappa shape index (κ2) is 4.99. The summed E-state index contributed by atoms with van der Waals surface area (Å²) in [4.78, 5) is 0.202. The second-order valence-corrected chi connectivity index (χ2v) is 7.18. The molecule has 1 heterocycles. The summed E-state index contributed by atoms with van der Waals surface area (Å²) in [5.41, 5.74) is 6.01. The molecule has 0 spiro atoms. The maximum absolute atomic E-state index is 12.3. The summed E-state index contributed by atoms with van der Waals surface area (Å²) in [7, 11) is -1.87. The first-order valence-electron chi connectivity index (χ1n) is 5.80. The van der Waals surface area contributed by atoms with Crippen molar-refractivity contribution in [1.82, 2.24) is 14.5 Å². The second-order valence-electron chi connectivity index (χ2n) is 5.49. The van der Waals surface area contributed by atoms with Gasteiger partial charge in [0.15, 0.2) is 0 Å². The van der Waals surface area contributed by atoms with E-state index in [0.29, 0.717) is 5.69 Å². The monoisotopic (exact) mass is 274 g/mol. The number of hydrogen-bond donors (Lipinski definition) is 2. The molecule has 18 heavy (non-hydrogen) atoms. The number of hydrogen-bond acceptors (Lipinski definition) is 4. The summed E-state index contributed by atoms with van der Waals surface area (Å²) < 4.78 is 28.7. The molecule has 0 aliphatic rings. The smallest absolute Gasteiger partial charge is 0.244 e. The molecule has 0 radical (unpaired) electrons. The Kier molecular flexibility index (Phi) is 4.19. The highest BCUT2D eigenvalue weighted by atomic mass is 32.2. The van der Waals surface area contributed by atoms with Crippen molar-refractivity contribution in [1.29, 1.82) is 0 Å². The molecule has 1 rings (SSSR count). The number of rotatable bonds is 4. The molecular weight excluding hydrogens is 252 g/mol. The third-order valence-electron chi connectivity index (χ3n) is 3.06. The Morgan fingerprint density at radius 2 is 2.06 bits per heavy atom. The van der Waals surface area contributed by atoms with Crippen LogP contribution in [0.4, 0.5) is 0 Å². The molecule has 6 nitrogen and oxygen atoms in total. The predicted octanol–water partition coefficient (Wildman–Crippen LogP) is 0.380. The summed E-state index contributed by atoms with van der Waals surface area (Å²) in [6, 6.07) is -0.317. The molecule has 0 amide bonds. The fraction of sp³-hybridized carbons (Fsp3) is 0.727. The maximum atomic E-state index is 12.3. The zero-order chi connectivity index (χ0) is 14.1. The normalized spacial score (nSPS) is 14.8. The molecule has 1 aromatic heterocycles. The minimum atomic E-state index is -3.58. The summed E-state index contributed by atoms with van der Waals surface area (Å²) in [5.74, 6) is 0. The van der Waals surface area contributed by atoms with E-state index < -0.39 is 10.0 Å². The predicted molar refractivity (Wildman–Crippen MR) is 70.6 cm³/mol. The molecule has 7 heteroatoms. The van der Waals surface area contributed by atoms with Gasteiger partial charge in [-0.05, 0) is 12.3 Å². The first kappa shape index (κ1) is 15.1. The van der Waals surface area contributed by atoms with Crippen molar-refractivity contribution in [3.8, 4) is 0 Å². The van der Waals surface area contributed by atoms with Crippen molar-refractivity contribution in [2.24, 2.45) is 18.2 Å². The third kappa shape index (κ3) is 3.09. The van der Waals surface area contributed by atoms with Gasteiger partial charge in [-0.2, -0.15) is 5.10 Å². The number of aryl methyl sites for hydroxylation is 1. The molecule has 1 unspecified atom stereocenters. The quantitative estimate of drug-likeness (QED) is 0.830. The maximum Gasteiger partial charge on any atom is 0.244 e. The van der Waals surface area contributed by atoms with Crippen LogP contribution in [0.2, 0.25) is 0 Å². The largest absolute Gasteiger partial charge is 0.329 e. The minimum absolute atomic E-state index is 0.202. The fourth-order valence-electron chi connectivity index (χ4n) is 1.57. The number of nitrogens with one attached hydrogen (secondary N) is 1. The molecule has 0 saturated heterocycles. The summed E-state index contributed by atoms with van der Waals surface area (Å²) in [6.45, 7) is 7.81. The Morgan fingerprint density at radius 3 is 2.39 bits per heavy atom. The average Bonchev–Trinajstić information content (AvgIpc) is 2.55. The Bertz CT molecular complexity index is 514. The number of aromatic nitrogens is 2. The van der Waals surface area contributed by atoms with E-state index in [4.69, 9.17) is 5.73 Å². The van der Waals surface area contributed by atoms with E-state index in [2.05, 4.69) is 9.82 Å². The number of nitrogens with two attached hydrogens (primary N) is 1. The van der Waals surface area contributed by atoms with E-state index in [1.165, 1.54) is 10.9 Å². The zero-order valence-corrected chi connectivity index (χ0v) is 12.4. The lowest BCUT2D eigenvalue weighted by atomic mass is 9.88. The van der Waals surface area contributed by atoms with Crippen molar-refractivity contribution in [2.45, 2.75) is 38.6 Å². The van der Waals surface area contributed by atoms with E-state index >= 15 is 0 Å². The van der Waals surface area contributed by atoms with Gasteiger partial charge < -0.3 is 5.73 Å². The van der Waals surface area contributed by atoms with E-state index in [1.807, 2.05) is 20.8 Å². The molecule has 0 saturated carbocycles. The number of sulfonamides is 1. The lowest BCUT2D eigenvalue weighted by Gasteiger charge is -2.29. The molecule has 104 valence electrons. The molecule has 0 aliphatic carbocycles. The van der Waals surface area contributed by atoms with Crippen LogP contribution >= 0.6 is 0 Å². The average molecular weight is 274 g/mol. The standard InChI is InChI=1S/C11H22N4O2S/c1-8-9(7-13-15(8)5)18(16,17)14-10(6-12)11(2,3)4/h7,10,14H,6,12H2,1-5H3. The molecular formula is C11H22N4O2S. The van der Waals surface area contributed by atoms with Crippen molar-refractivity contribution >= 4 is 10.0 Å². The van der Waals surface area contributed by atoms with Gasteiger partial charge in [-0.15, -0.1) is 0 Å². The highest BCUT2D eigenvalue weighted by Gasteiger charge is 2.30. The Morgan fingerprint density at radius 1 is 1.50 bits per heavy atom. The lowest BCUT2D eigenvalue weighted by Crippen LogP contribution is -2.48. The van der Waals surface area contributed by atoms with Crippen LogP contribution < -0.4 is 10.5 Å². The van der Waals surface area contributed by atoms with E-state index in [-0.39, 0.29) is 22.9 Å².